The Labute approximate surface area is 114 Å². The van der Waals surface area contributed by atoms with Crippen LogP contribution in [0.1, 0.15) is 19.8 Å². The van der Waals surface area contributed by atoms with E-state index in [1.54, 1.807) is 12.1 Å². The SMILES string of the molecule is CCOCCCNC(=O)CCOc1ccccc1N. The molecule has 0 aliphatic rings. The summed E-state index contributed by atoms with van der Waals surface area (Å²) in [5, 5.41) is 2.81. The standard InChI is InChI=1S/C14H22N2O3/c1-2-18-10-5-9-16-14(17)8-11-19-13-7-4-3-6-12(13)15/h3-4,6-7H,2,5,8-11,15H2,1H3,(H,16,17). The van der Waals surface area contributed by atoms with Crippen LogP contribution in [0.3, 0.4) is 0 Å². The summed E-state index contributed by atoms with van der Waals surface area (Å²) in [6.07, 6.45) is 1.15. The van der Waals surface area contributed by atoms with Crippen LogP contribution in [0, 0.1) is 0 Å². The van der Waals surface area contributed by atoms with Crippen molar-refractivity contribution in [3.05, 3.63) is 24.3 Å². The van der Waals surface area contributed by atoms with Crippen molar-refractivity contribution < 1.29 is 14.3 Å². The van der Waals surface area contributed by atoms with Crippen LogP contribution < -0.4 is 15.8 Å². The minimum Gasteiger partial charge on any atom is -0.491 e. The lowest BCUT2D eigenvalue weighted by molar-refractivity contribution is -0.121. The molecule has 0 atom stereocenters. The Bertz CT molecular complexity index is 383. The maximum absolute atomic E-state index is 11.5. The number of amides is 1. The van der Waals surface area contributed by atoms with Gasteiger partial charge in [-0.1, -0.05) is 12.1 Å². The summed E-state index contributed by atoms with van der Waals surface area (Å²) >= 11 is 0. The molecule has 0 aromatic heterocycles. The highest BCUT2D eigenvalue weighted by Gasteiger charge is 2.03. The zero-order valence-corrected chi connectivity index (χ0v) is 11.4. The van der Waals surface area contributed by atoms with Gasteiger partial charge in [-0.05, 0) is 25.5 Å². The summed E-state index contributed by atoms with van der Waals surface area (Å²) in [5.41, 5.74) is 6.31. The maximum atomic E-state index is 11.5. The molecule has 3 N–H and O–H groups in total. The Morgan fingerprint density at radius 3 is 2.84 bits per heavy atom. The van der Waals surface area contributed by atoms with Gasteiger partial charge < -0.3 is 20.5 Å². The Morgan fingerprint density at radius 2 is 2.11 bits per heavy atom. The first-order valence-corrected chi connectivity index (χ1v) is 6.55. The maximum Gasteiger partial charge on any atom is 0.223 e. The van der Waals surface area contributed by atoms with Gasteiger partial charge in [0, 0.05) is 19.8 Å². The van der Waals surface area contributed by atoms with Crippen molar-refractivity contribution in [1.82, 2.24) is 5.32 Å². The van der Waals surface area contributed by atoms with E-state index in [2.05, 4.69) is 5.32 Å². The lowest BCUT2D eigenvalue weighted by Crippen LogP contribution is -2.26. The molecular weight excluding hydrogens is 244 g/mol. The third kappa shape index (κ3) is 6.67. The van der Waals surface area contributed by atoms with Crippen molar-refractivity contribution in [3.63, 3.8) is 0 Å². The van der Waals surface area contributed by atoms with Gasteiger partial charge in [0.15, 0.2) is 0 Å². The molecule has 0 radical (unpaired) electrons. The summed E-state index contributed by atoms with van der Waals surface area (Å²) in [4.78, 5) is 11.5. The third-order valence-corrected chi connectivity index (χ3v) is 2.50. The molecule has 0 spiro atoms. The van der Waals surface area contributed by atoms with Crippen LogP contribution in [0.2, 0.25) is 0 Å². The zero-order chi connectivity index (χ0) is 13.9. The van der Waals surface area contributed by atoms with Crippen molar-refractivity contribution in [2.75, 3.05) is 32.1 Å². The van der Waals surface area contributed by atoms with Gasteiger partial charge in [-0.25, -0.2) is 0 Å². The normalized spacial score (nSPS) is 10.2. The Morgan fingerprint density at radius 1 is 1.32 bits per heavy atom. The molecule has 1 aromatic carbocycles. The Balaban J connectivity index is 2.09. The molecule has 0 saturated carbocycles. The second kappa shape index (κ2) is 9.22. The number of carbonyl (C=O) groups is 1. The fourth-order valence-electron chi connectivity index (χ4n) is 1.50. The highest BCUT2D eigenvalue weighted by Crippen LogP contribution is 2.19. The Kier molecular flexibility index (Phi) is 7.43. The quantitative estimate of drug-likeness (QED) is 0.526. The fraction of sp³-hybridized carbons (Fsp3) is 0.500. The van der Waals surface area contributed by atoms with Gasteiger partial charge in [-0.15, -0.1) is 0 Å². The summed E-state index contributed by atoms with van der Waals surface area (Å²) in [7, 11) is 0. The molecule has 0 aliphatic heterocycles. The summed E-state index contributed by atoms with van der Waals surface area (Å²) in [6, 6.07) is 7.24. The van der Waals surface area contributed by atoms with Crippen LogP contribution in [-0.4, -0.2) is 32.3 Å². The average molecular weight is 266 g/mol. The number of nitrogens with two attached hydrogens (primary N) is 1. The molecule has 0 fully saturated rings. The number of hydrogen-bond donors (Lipinski definition) is 2. The highest BCUT2D eigenvalue weighted by atomic mass is 16.5. The molecule has 5 heteroatoms. The van der Waals surface area contributed by atoms with Gasteiger partial charge >= 0.3 is 0 Å². The fourth-order valence-corrected chi connectivity index (χ4v) is 1.50. The van der Waals surface area contributed by atoms with Crippen LogP contribution >= 0.6 is 0 Å². The van der Waals surface area contributed by atoms with E-state index in [0.29, 0.717) is 44.2 Å². The van der Waals surface area contributed by atoms with Crippen LogP contribution in [0.25, 0.3) is 0 Å². The summed E-state index contributed by atoms with van der Waals surface area (Å²) in [5.74, 6) is 0.595. The van der Waals surface area contributed by atoms with E-state index in [1.165, 1.54) is 0 Å². The molecule has 5 nitrogen and oxygen atoms in total. The van der Waals surface area contributed by atoms with Crippen molar-refractivity contribution in [3.8, 4) is 5.75 Å². The second-order valence-electron chi connectivity index (χ2n) is 4.04. The van der Waals surface area contributed by atoms with E-state index in [4.69, 9.17) is 15.2 Å². The van der Waals surface area contributed by atoms with E-state index in [1.807, 2.05) is 19.1 Å². The van der Waals surface area contributed by atoms with E-state index in [9.17, 15) is 4.79 Å². The van der Waals surface area contributed by atoms with Crippen LogP contribution in [0.4, 0.5) is 5.69 Å². The van der Waals surface area contributed by atoms with Crippen molar-refractivity contribution in [2.45, 2.75) is 19.8 Å². The van der Waals surface area contributed by atoms with Gasteiger partial charge in [0.25, 0.3) is 0 Å². The first-order chi connectivity index (χ1) is 9.24. The second-order valence-corrected chi connectivity index (χ2v) is 4.04. The molecule has 1 rings (SSSR count). The number of nitrogens with one attached hydrogen (secondary N) is 1. The number of ether oxygens (including phenoxy) is 2. The van der Waals surface area contributed by atoms with Crippen LogP contribution in [0.5, 0.6) is 5.75 Å². The number of benzene rings is 1. The van der Waals surface area contributed by atoms with Crippen LogP contribution in [0.15, 0.2) is 24.3 Å². The molecule has 106 valence electrons. The first kappa shape index (κ1) is 15.3. The van der Waals surface area contributed by atoms with Crippen molar-refractivity contribution >= 4 is 11.6 Å². The molecule has 0 heterocycles. The number of hydrogen-bond acceptors (Lipinski definition) is 4. The number of para-hydroxylation sites is 2. The molecule has 19 heavy (non-hydrogen) atoms. The number of carbonyl (C=O) groups excluding carboxylic acids is 1. The number of anilines is 1. The average Bonchev–Trinajstić information content (AvgIpc) is 2.41. The number of nitrogen functional groups attached to an aromatic ring is 1. The van der Waals surface area contributed by atoms with Gasteiger partial charge in [-0.3, -0.25) is 4.79 Å². The minimum atomic E-state index is -0.0222. The van der Waals surface area contributed by atoms with E-state index in [-0.39, 0.29) is 5.91 Å². The van der Waals surface area contributed by atoms with E-state index < -0.39 is 0 Å². The first-order valence-electron chi connectivity index (χ1n) is 6.55. The van der Waals surface area contributed by atoms with E-state index >= 15 is 0 Å². The lowest BCUT2D eigenvalue weighted by atomic mass is 10.3. The van der Waals surface area contributed by atoms with Gasteiger partial charge in [0.1, 0.15) is 5.75 Å². The molecule has 1 amide bonds. The predicted molar refractivity (Wildman–Crippen MR) is 75.1 cm³/mol. The predicted octanol–water partition coefficient (Wildman–Crippen LogP) is 1.58. The topological polar surface area (TPSA) is 73.6 Å². The summed E-state index contributed by atoms with van der Waals surface area (Å²) in [6.45, 7) is 4.29. The lowest BCUT2D eigenvalue weighted by Gasteiger charge is -2.09. The van der Waals surface area contributed by atoms with Gasteiger partial charge in [-0.2, -0.15) is 0 Å². The third-order valence-electron chi connectivity index (χ3n) is 2.50. The monoisotopic (exact) mass is 266 g/mol. The smallest absolute Gasteiger partial charge is 0.223 e. The van der Waals surface area contributed by atoms with Crippen LogP contribution in [-0.2, 0) is 9.53 Å². The molecule has 0 saturated heterocycles. The summed E-state index contributed by atoms with van der Waals surface area (Å²) < 4.78 is 10.6. The van der Waals surface area contributed by atoms with Crippen molar-refractivity contribution in [2.24, 2.45) is 0 Å². The molecule has 0 aliphatic carbocycles. The molecule has 1 aromatic rings. The minimum absolute atomic E-state index is 0.0222. The molecule has 0 bridgehead atoms. The van der Waals surface area contributed by atoms with Gasteiger partial charge in [0.2, 0.25) is 5.91 Å². The highest BCUT2D eigenvalue weighted by molar-refractivity contribution is 5.75. The van der Waals surface area contributed by atoms with E-state index in [0.717, 1.165) is 6.42 Å². The number of rotatable bonds is 9. The molecular formula is C14H22N2O3. The zero-order valence-electron chi connectivity index (χ0n) is 11.4. The van der Waals surface area contributed by atoms with Crippen molar-refractivity contribution in [1.29, 1.82) is 0 Å². The molecule has 0 unspecified atom stereocenters. The Hall–Kier alpha value is -1.75. The largest absolute Gasteiger partial charge is 0.491 e. The van der Waals surface area contributed by atoms with Gasteiger partial charge in [0.05, 0.1) is 18.7 Å².